The maximum Gasteiger partial charge on any atom is 0.236 e. The molecule has 16 aromatic rings. The first-order valence-corrected chi connectivity index (χ1v) is 46.2. The number of benzene rings is 6. The molecule has 0 spiro atoms. The molecule has 0 fully saturated rings. The molecule has 30 N–H and O–H groups in total. The zero-order valence-electron chi connectivity index (χ0n) is 79.0. The smallest absolute Gasteiger partial charge is 0.236 e. The second-order valence-electron chi connectivity index (χ2n) is 29.7. The molecule has 0 aliphatic heterocycles. The molecule has 0 bridgehead atoms. The molecular weight excluding hydrogens is 1980 g/mol. The largest absolute Gasteiger partial charge is 0.368 e. The molecule has 142 heavy (non-hydrogen) atoms. The summed E-state index contributed by atoms with van der Waals surface area (Å²) in [5.41, 5.74) is 63.1. The standard InChI is InChI=1S/C12H15ClN6.C12H18N6S.2C11H13ClN6.C11H16N6S.2C10H11ClN6.C9H9ClN6/c1-7(2)15-11-17-10(14)18-12(19-11)16-9-5-3-8(13)4-6-9;1-8-6-9(7-19-8)4-5-14-11-15-10(13)16-12(17-11)18(2)3;1-18(2)11-16-9(13)15-10(17-11)14-8-5-3-7(12)4-6-8;1-13-9-16-10(14-2)18-11(17-9)15-8-5-3-7(12)4-6-8;1-7-5-8(6-18-7)3-4-17(2)11-15-9(12)14-10(13)16-11;1-17(7-4-2-6(11)3-5-7)10-15-8(12)14-9(13)16-10;1-13-9-15-8(12)16-10(17-9)14-7-4-2-6(11)3-5-7;10-5-1-3-6(4-2-5)13-9-15-7(11)14-8(12)16-9/h3-7H,1-2H3,(H4,14,15,16,17,18,19);6-7H,4-5H2,1-3H3,(H3,13,14,15,16,17);3-6H,1-2H3,(H3,13,14,15,16,17);3-6H,1-2H3,(H3,13,14,15,16,17,18);5-6H,3-4H2,1-2H3,(H4,12,13,14,15,16);2-5H,1H3,(H4,12,13,14,15,16);2-5H,1H3,(H4,12,13,14,15,16,17);1-4H,(H5,11,12,13,14,15,16). The van der Waals surface area contributed by atoms with Crippen LogP contribution in [0.5, 0.6) is 0 Å². The van der Waals surface area contributed by atoms with E-state index < -0.39 is 0 Å². The summed E-state index contributed by atoms with van der Waals surface area (Å²) in [4.78, 5) is 106. The Morgan fingerprint density at radius 1 is 0.289 bits per heavy atom. The summed E-state index contributed by atoms with van der Waals surface area (Å²) in [6, 6.07) is 47.8. The fraction of sp³-hybridized carbons (Fsp3) is 0.209. The summed E-state index contributed by atoms with van der Waals surface area (Å²) in [5, 5.41) is 38.2. The highest BCUT2D eigenvalue weighted by molar-refractivity contribution is 7.10. The van der Waals surface area contributed by atoms with Crippen molar-refractivity contribution >= 4 is 269 Å². The van der Waals surface area contributed by atoms with E-state index in [9.17, 15) is 0 Å². The van der Waals surface area contributed by atoms with Gasteiger partial charge < -0.3 is 130 Å². The van der Waals surface area contributed by atoms with Crippen LogP contribution >= 0.6 is 92.3 Å². The molecule has 10 heterocycles. The van der Waals surface area contributed by atoms with Gasteiger partial charge in [0.1, 0.15) is 0 Å². The molecule has 56 heteroatoms. The van der Waals surface area contributed by atoms with E-state index in [-0.39, 0.29) is 65.5 Å². The minimum atomic E-state index is 0.0731. The molecule has 0 radical (unpaired) electrons. The molecule has 0 aliphatic rings. The van der Waals surface area contributed by atoms with Gasteiger partial charge in [0.25, 0.3) is 0 Å². The van der Waals surface area contributed by atoms with Crippen LogP contribution in [0.25, 0.3) is 0 Å². The van der Waals surface area contributed by atoms with Gasteiger partial charge >= 0.3 is 0 Å². The molecule has 0 unspecified atom stereocenters. The molecule has 744 valence electrons. The zero-order valence-corrected chi connectivity index (χ0v) is 85.1. The molecule has 6 aromatic carbocycles. The molecular formula is C86H106Cl6N48S2. The molecule has 0 amide bonds. The van der Waals surface area contributed by atoms with Crippen molar-refractivity contribution in [3.8, 4) is 0 Å². The number of nitrogens with one attached hydrogen (secondary N) is 10. The van der Waals surface area contributed by atoms with Crippen LogP contribution in [0.4, 0.5) is 177 Å². The topological polar surface area (TPSA) is 703 Å². The quantitative estimate of drug-likeness (QED) is 0.0227. The Labute approximate surface area is 855 Å². The average Bonchev–Trinajstić information content (AvgIpc) is 0.890. The van der Waals surface area contributed by atoms with E-state index in [0.29, 0.717) is 113 Å². The van der Waals surface area contributed by atoms with E-state index in [1.54, 1.807) is 150 Å². The third-order valence-corrected chi connectivity index (χ3v) is 20.8. The first kappa shape index (κ1) is 109. The number of nitrogens with zero attached hydrogens (tertiary/aromatic N) is 28. The van der Waals surface area contributed by atoms with Crippen molar-refractivity contribution in [1.82, 2.24) is 120 Å². The van der Waals surface area contributed by atoms with Gasteiger partial charge in [-0.2, -0.15) is 120 Å². The van der Waals surface area contributed by atoms with Gasteiger partial charge in [0.2, 0.25) is 143 Å². The predicted molar refractivity (Wildman–Crippen MR) is 579 cm³/mol. The highest BCUT2D eigenvalue weighted by atomic mass is 35.5. The van der Waals surface area contributed by atoms with Gasteiger partial charge in [-0.05, 0) is 220 Å². The zero-order chi connectivity index (χ0) is 103. The minimum absolute atomic E-state index is 0.0731. The van der Waals surface area contributed by atoms with Crippen molar-refractivity contribution in [1.29, 1.82) is 0 Å². The Kier molecular flexibility index (Phi) is 42.2. The van der Waals surface area contributed by atoms with Crippen LogP contribution in [0.15, 0.2) is 168 Å². The van der Waals surface area contributed by atoms with E-state index in [0.717, 1.165) is 60.1 Å². The number of aryl methyl sites for hydroxylation is 2. The van der Waals surface area contributed by atoms with Gasteiger partial charge in [-0.3, -0.25) is 0 Å². The average molecular weight is 2090 g/mol. The number of anilines is 30. The molecule has 10 aromatic heterocycles. The van der Waals surface area contributed by atoms with E-state index in [1.165, 1.54) is 20.9 Å². The van der Waals surface area contributed by atoms with E-state index in [1.807, 2.05) is 115 Å². The Balaban J connectivity index is 0.000000181. The van der Waals surface area contributed by atoms with Gasteiger partial charge in [0, 0.05) is 157 Å². The van der Waals surface area contributed by atoms with Crippen molar-refractivity contribution < 1.29 is 0 Å². The maximum absolute atomic E-state index is 5.82. The molecule has 0 saturated carbocycles. The first-order valence-electron chi connectivity index (χ1n) is 42.2. The SMILES string of the molecule is CC(C)Nc1nc(N)nc(Nc2ccc(Cl)cc2)n1.CN(C)c1nc(N)nc(Nc2ccc(Cl)cc2)n1.CN(c1ccc(Cl)cc1)c1nc(N)nc(N)n1.CNc1nc(N)nc(Nc2ccc(Cl)cc2)n1.CNc1nc(NC)nc(Nc2ccc(Cl)cc2)n1.Cc1cc(CCN(C)c2nc(N)nc(N)n2)cs1.Cc1cc(CCNc2nc(N)nc(N(C)C)n2)cs1.Nc1nc(N)nc(Nc2ccc(Cl)cc2)n1. The summed E-state index contributed by atoms with van der Waals surface area (Å²) in [5.74, 6) is 7.57. The van der Waals surface area contributed by atoms with Crippen LogP contribution in [0.3, 0.4) is 0 Å². The predicted octanol–water partition coefficient (Wildman–Crippen LogP) is 14.4. The lowest BCUT2D eigenvalue weighted by Gasteiger charge is -2.17. The van der Waals surface area contributed by atoms with Gasteiger partial charge in [-0.15, -0.1) is 22.7 Å². The summed E-state index contributed by atoms with van der Waals surface area (Å²) in [7, 11) is 16.3. The lowest BCUT2D eigenvalue weighted by molar-refractivity contribution is 0.835. The third-order valence-electron chi connectivity index (χ3n) is 17.5. The van der Waals surface area contributed by atoms with Crippen molar-refractivity contribution in [3.05, 3.63) is 220 Å². The Morgan fingerprint density at radius 2 is 0.542 bits per heavy atom. The Hall–Kier alpha value is -16.3. The van der Waals surface area contributed by atoms with Crippen LogP contribution in [0.2, 0.25) is 30.1 Å². The van der Waals surface area contributed by atoms with Crippen LogP contribution in [-0.4, -0.2) is 202 Å². The van der Waals surface area contributed by atoms with E-state index in [4.69, 9.17) is 127 Å². The molecule has 0 saturated heterocycles. The number of hydrogen-bond acceptors (Lipinski definition) is 50. The van der Waals surface area contributed by atoms with Gasteiger partial charge in [0.05, 0.1) is 0 Å². The van der Waals surface area contributed by atoms with Crippen LogP contribution in [0.1, 0.15) is 34.7 Å². The molecule has 48 nitrogen and oxygen atoms in total. The minimum Gasteiger partial charge on any atom is -0.368 e. The number of nitrogen functional groups attached to an aromatic ring is 10. The third kappa shape index (κ3) is 39.0. The maximum atomic E-state index is 5.82. The summed E-state index contributed by atoms with van der Waals surface area (Å²) in [6.07, 6.45) is 1.87. The first-order chi connectivity index (χ1) is 67.7. The van der Waals surface area contributed by atoms with Crippen LogP contribution < -0.4 is 130 Å². The summed E-state index contributed by atoms with van der Waals surface area (Å²) in [6.45, 7) is 9.77. The number of hydrogen-bond donors (Lipinski definition) is 20. The monoisotopic (exact) mass is 2080 g/mol. The number of halogens is 6. The van der Waals surface area contributed by atoms with Gasteiger partial charge in [0.15, 0.2) is 0 Å². The van der Waals surface area contributed by atoms with Crippen molar-refractivity contribution in [2.75, 3.05) is 207 Å². The summed E-state index contributed by atoms with van der Waals surface area (Å²) < 4.78 is 0. The number of likely N-dealkylation sites (N-methyl/N-ethyl adjacent to an activating group) is 1. The fourth-order valence-electron chi connectivity index (χ4n) is 10.9. The molecule has 0 aliphatic carbocycles. The van der Waals surface area contributed by atoms with Gasteiger partial charge in [-0.25, -0.2) is 0 Å². The lowest BCUT2D eigenvalue weighted by atomic mass is 10.2. The van der Waals surface area contributed by atoms with Crippen molar-refractivity contribution in [2.45, 2.75) is 46.6 Å². The highest BCUT2D eigenvalue weighted by Crippen LogP contribution is 2.28. The van der Waals surface area contributed by atoms with Crippen LogP contribution in [0, 0.1) is 13.8 Å². The summed E-state index contributed by atoms with van der Waals surface area (Å²) >= 11 is 38.3. The number of aromatic nitrogens is 24. The van der Waals surface area contributed by atoms with E-state index >= 15 is 0 Å². The van der Waals surface area contributed by atoms with E-state index in [2.05, 4.69) is 210 Å². The molecule has 16 rings (SSSR count). The highest BCUT2D eigenvalue weighted by Gasteiger charge is 2.16. The van der Waals surface area contributed by atoms with Crippen molar-refractivity contribution in [3.63, 3.8) is 0 Å². The fourth-order valence-corrected chi connectivity index (χ4v) is 13.2. The Bertz CT molecular complexity index is 6500. The van der Waals surface area contributed by atoms with Crippen molar-refractivity contribution in [2.24, 2.45) is 0 Å². The number of rotatable bonds is 27. The second-order valence-corrected chi connectivity index (χ2v) is 34.6. The van der Waals surface area contributed by atoms with Gasteiger partial charge in [-0.1, -0.05) is 69.6 Å². The Morgan fingerprint density at radius 3 is 0.880 bits per heavy atom. The second kappa shape index (κ2) is 54.8. The van der Waals surface area contributed by atoms with Crippen LogP contribution in [-0.2, 0) is 12.8 Å². The lowest BCUT2D eigenvalue weighted by Crippen LogP contribution is -2.23. The number of nitrogens with two attached hydrogens (primary N) is 10. The normalized spacial score (nSPS) is 10.3. The molecule has 0 atom stereocenters. The number of thiophene rings is 2.